The van der Waals surface area contributed by atoms with Crippen LogP contribution in [0.15, 0.2) is 9.85 Å². The molecule has 0 atom stereocenters. The SMILES string of the molecule is Cc1csc(CCC(C)(C)N)c1Br. The Hall–Kier alpha value is 0.140. The standard InChI is InChI=1S/C10H16BrNS/c1-7-6-13-8(9(7)11)4-5-10(2,3)12/h6H,4-5,12H2,1-3H3. The van der Waals surface area contributed by atoms with E-state index in [4.69, 9.17) is 5.73 Å². The fourth-order valence-corrected chi connectivity index (χ4v) is 2.75. The van der Waals surface area contributed by atoms with Crippen LogP contribution in [0.5, 0.6) is 0 Å². The number of hydrogen-bond acceptors (Lipinski definition) is 2. The first-order valence-corrected chi connectivity index (χ1v) is 6.09. The summed E-state index contributed by atoms with van der Waals surface area (Å²) in [4.78, 5) is 1.41. The summed E-state index contributed by atoms with van der Waals surface area (Å²) in [5.41, 5.74) is 7.20. The third kappa shape index (κ3) is 3.41. The van der Waals surface area contributed by atoms with Crippen LogP contribution in [0.2, 0.25) is 0 Å². The van der Waals surface area contributed by atoms with Crippen LogP contribution in [0, 0.1) is 6.92 Å². The van der Waals surface area contributed by atoms with Crippen molar-refractivity contribution in [2.75, 3.05) is 0 Å². The van der Waals surface area contributed by atoms with Crippen molar-refractivity contribution >= 4 is 27.3 Å². The van der Waals surface area contributed by atoms with Crippen molar-refractivity contribution in [1.82, 2.24) is 0 Å². The minimum absolute atomic E-state index is 0.0582. The highest BCUT2D eigenvalue weighted by Crippen LogP contribution is 2.29. The molecule has 0 saturated carbocycles. The lowest BCUT2D eigenvalue weighted by molar-refractivity contribution is 0.478. The van der Waals surface area contributed by atoms with E-state index in [0.717, 1.165) is 12.8 Å². The maximum Gasteiger partial charge on any atom is 0.0343 e. The van der Waals surface area contributed by atoms with Crippen LogP contribution >= 0.6 is 27.3 Å². The summed E-state index contributed by atoms with van der Waals surface area (Å²) in [5.74, 6) is 0. The van der Waals surface area contributed by atoms with Crippen molar-refractivity contribution in [3.63, 3.8) is 0 Å². The van der Waals surface area contributed by atoms with Crippen LogP contribution in [0.4, 0.5) is 0 Å². The van der Waals surface area contributed by atoms with E-state index in [0.29, 0.717) is 0 Å². The molecule has 0 unspecified atom stereocenters. The van der Waals surface area contributed by atoms with Crippen molar-refractivity contribution in [2.45, 2.75) is 39.2 Å². The second-order valence-electron chi connectivity index (χ2n) is 4.14. The van der Waals surface area contributed by atoms with Gasteiger partial charge in [0.05, 0.1) is 0 Å². The largest absolute Gasteiger partial charge is 0.326 e. The molecule has 1 aromatic heterocycles. The Labute approximate surface area is 92.5 Å². The summed E-state index contributed by atoms with van der Waals surface area (Å²) < 4.78 is 1.27. The Balaban J connectivity index is 2.60. The molecule has 0 spiro atoms. The Morgan fingerprint density at radius 2 is 2.15 bits per heavy atom. The van der Waals surface area contributed by atoms with E-state index in [9.17, 15) is 0 Å². The number of rotatable bonds is 3. The molecule has 1 heterocycles. The maximum absolute atomic E-state index is 5.93. The molecule has 2 N–H and O–H groups in total. The van der Waals surface area contributed by atoms with Crippen LogP contribution < -0.4 is 5.73 Å². The molecular formula is C10H16BrNS. The summed E-state index contributed by atoms with van der Waals surface area (Å²) in [6.07, 6.45) is 2.11. The van der Waals surface area contributed by atoms with Crippen molar-refractivity contribution in [3.05, 3.63) is 20.3 Å². The predicted molar refractivity (Wildman–Crippen MR) is 63.3 cm³/mol. The van der Waals surface area contributed by atoms with Crippen LogP contribution in [-0.4, -0.2) is 5.54 Å². The maximum atomic E-state index is 5.93. The average Bonchev–Trinajstić information content (AvgIpc) is 2.29. The highest BCUT2D eigenvalue weighted by Gasteiger charge is 2.13. The van der Waals surface area contributed by atoms with E-state index in [1.807, 2.05) is 11.3 Å². The fourth-order valence-electron chi connectivity index (χ4n) is 1.09. The van der Waals surface area contributed by atoms with Gasteiger partial charge in [0.2, 0.25) is 0 Å². The topological polar surface area (TPSA) is 26.0 Å². The van der Waals surface area contributed by atoms with Gasteiger partial charge in [0.1, 0.15) is 0 Å². The molecule has 0 radical (unpaired) electrons. The first-order chi connectivity index (χ1) is 5.90. The molecule has 0 aliphatic carbocycles. The van der Waals surface area contributed by atoms with Gasteiger partial charge in [-0.25, -0.2) is 0 Å². The normalized spacial score (nSPS) is 12.1. The van der Waals surface area contributed by atoms with Crippen LogP contribution in [-0.2, 0) is 6.42 Å². The van der Waals surface area contributed by atoms with Gasteiger partial charge < -0.3 is 5.73 Å². The number of nitrogens with two attached hydrogens (primary N) is 1. The van der Waals surface area contributed by atoms with Crippen LogP contribution in [0.25, 0.3) is 0 Å². The lowest BCUT2D eigenvalue weighted by atomic mass is 9.99. The van der Waals surface area contributed by atoms with Crippen molar-refractivity contribution in [3.8, 4) is 0 Å². The molecule has 1 nitrogen and oxygen atoms in total. The summed E-state index contributed by atoms with van der Waals surface area (Å²) in [7, 11) is 0. The molecule has 0 amide bonds. The first kappa shape index (κ1) is 11.2. The van der Waals surface area contributed by atoms with Gasteiger partial charge in [0.15, 0.2) is 0 Å². The molecule has 0 fully saturated rings. The van der Waals surface area contributed by atoms with E-state index < -0.39 is 0 Å². The first-order valence-electron chi connectivity index (χ1n) is 4.41. The minimum Gasteiger partial charge on any atom is -0.326 e. The highest BCUT2D eigenvalue weighted by molar-refractivity contribution is 9.10. The fraction of sp³-hybridized carbons (Fsp3) is 0.600. The van der Waals surface area contributed by atoms with Crippen LogP contribution in [0.1, 0.15) is 30.7 Å². The molecule has 0 saturated heterocycles. The molecule has 1 aromatic rings. The number of hydrogen-bond donors (Lipinski definition) is 1. The third-order valence-electron chi connectivity index (χ3n) is 1.97. The van der Waals surface area contributed by atoms with E-state index in [-0.39, 0.29) is 5.54 Å². The van der Waals surface area contributed by atoms with Crippen LogP contribution in [0.3, 0.4) is 0 Å². The number of halogens is 1. The van der Waals surface area contributed by atoms with Gasteiger partial charge in [-0.3, -0.25) is 0 Å². The minimum atomic E-state index is -0.0582. The van der Waals surface area contributed by atoms with Gasteiger partial charge in [-0.15, -0.1) is 11.3 Å². The van der Waals surface area contributed by atoms with Gasteiger partial charge in [-0.05, 0) is 60.5 Å². The predicted octanol–water partition coefficient (Wildman–Crippen LogP) is 3.49. The smallest absolute Gasteiger partial charge is 0.0343 e. The average molecular weight is 262 g/mol. The summed E-state index contributed by atoms with van der Waals surface area (Å²) >= 11 is 5.40. The lowest BCUT2D eigenvalue weighted by Crippen LogP contribution is -2.32. The van der Waals surface area contributed by atoms with E-state index in [1.165, 1.54) is 14.9 Å². The van der Waals surface area contributed by atoms with Gasteiger partial charge in [-0.2, -0.15) is 0 Å². The second-order valence-corrected chi connectivity index (χ2v) is 5.90. The molecule has 0 bridgehead atoms. The Morgan fingerprint density at radius 3 is 2.54 bits per heavy atom. The molecule has 74 valence electrons. The monoisotopic (exact) mass is 261 g/mol. The number of aryl methyl sites for hydroxylation is 2. The molecule has 13 heavy (non-hydrogen) atoms. The summed E-state index contributed by atoms with van der Waals surface area (Å²) in [5, 5.41) is 2.18. The zero-order chi connectivity index (χ0) is 10.1. The van der Waals surface area contributed by atoms with Gasteiger partial charge in [0.25, 0.3) is 0 Å². The Kier molecular flexibility index (Phi) is 3.55. The van der Waals surface area contributed by atoms with Crippen molar-refractivity contribution in [1.29, 1.82) is 0 Å². The molecular weight excluding hydrogens is 246 g/mol. The van der Waals surface area contributed by atoms with Crippen molar-refractivity contribution in [2.24, 2.45) is 5.73 Å². The molecule has 0 aliphatic heterocycles. The molecule has 0 aromatic carbocycles. The highest BCUT2D eigenvalue weighted by atomic mass is 79.9. The van der Waals surface area contributed by atoms with E-state index >= 15 is 0 Å². The number of thiophene rings is 1. The zero-order valence-corrected chi connectivity index (χ0v) is 10.8. The Morgan fingerprint density at radius 1 is 1.54 bits per heavy atom. The third-order valence-corrected chi connectivity index (χ3v) is 4.50. The molecule has 0 aliphatic rings. The van der Waals surface area contributed by atoms with Gasteiger partial charge >= 0.3 is 0 Å². The zero-order valence-electron chi connectivity index (χ0n) is 8.36. The lowest BCUT2D eigenvalue weighted by Gasteiger charge is -2.17. The van der Waals surface area contributed by atoms with Gasteiger partial charge in [-0.1, -0.05) is 0 Å². The summed E-state index contributed by atoms with van der Waals surface area (Å²) in [6.45, 7) is 6.26. The summed E-state index contributed by atoms with van der Waals surface area (Å²) in [6, 6.07) is 0. The molecule has 1 rings (SSSR count). The second kappa shape index (κ2) is 4.11. The van der Waals surface area contributed by atoms with Crippen molar-refractivity contribution < 1.29 is 0 Å². The molecule has 3 heteroatoms. The van der Waals surface area contributed by atoms with Gasteiger partial charge in [0, 0.05) is 14.9 Å². The van der Waals surface area contributed by atoms with E-state index in [1.54, 1.807) is 0 Å². The Bertz CT molecular complexity index is 286. The van der Waals surface area contributed by atoms with E-state index in [2.05, 4.69) is 42.1 Å². The quantitative estimate of drug-likeness (QED) is 0.886.